The Labute approximate surface area is 102 Å². The molecule has 0 bridgehead atoms. The SMILES string of the molecule is Cn1ccnc1Sc1c(N)cccc1C(=O)O. The number of carboxylic acid groups (broad SMARTS) is 1. The molecule has 0 atom stereocenters. The molecule has 1 aromatic carbocycles. The van der Waals surface area contributed by atoms with Crippen LogP contribution in [0.5, 0.6) is 0 Å². The first kappa shape index (κ1) is 11.5. The fourth-order valence-corrected chi connectivity index (χ4v) is 2.33. The van der Waals surface area contributed by atoms with Gasteiger partial charge in [0.15, 0.2) is 5.16 Å². The van der Waals surface area contributed by atoms with E-state index in [4.69, 9.17) is 10.8 Å². The van der Waals surface area contributed by atoms with E-state index in [-0.39, 0.29) is 5.56 Å². The lowest BCUT2D eigenvalue weighted by molar-refractivity contribution is 0.0693. The molecule has 88 valence electrons. The lowest BCUT2D eigenvalue weighted by atomic mass is 10.2. The molecule has 17 heavy (non-hydrogen) atoms. The molecule has 0 aliphatic carbocycles. The number of hydrogen-bond acceptors (Lipinski definition) is 4. The number of nitrogens with two attached hydrogens (primary N) is 1. The van der Waals surface area contributed by atoms with Gasteiger partial charge in [0, 0.05) is 25.1 Å². The van der Waals surface area contributed by atoms with Gasteiger partial charge in [-0.15, -0.1) is 0 Å². The van der Waals surface area contributed by atoms with Crippen molar-refractivity contribution >= 4 is 23.4 Å². The number of anilines is 1. The fourth-order valence-electron chi connectivity index (χ4n) is 1.38. The van der Waals surface area contributed by atoms with E-state index in [1.165, 1.54) is 17.8 Å². The van der Waals surface area contributed by atoms with Crippen LogP contribution < -0.4 is 5.73 Å². The molecule has 2 aromatic rings. The van der Waals surface area contributed by atoms with E-state index in [1.807, 2.05) is 11.6 Å². The van der Waals surface area contributed by atoms with E-state index in [0.29, 0.717) is 15.7 Å². The number of benzene rings is 1. The molecule has 0 spiro atoms. The molecule has 6 heteroatoms. The van der Waals surface area contributed by atoms with Crippen molar-refractivity contribution in [1.82, 2.24) is 9.55 Å². The van der Waals surface area contributed by atoms with Crippen LogP contribution in [0.15, 0.2) is 40.6 Å². The minimum Gasteiger partial charge on any atom is -0.478 e. The van der Waals surface area contributed by atoms with Crippen molar-refractivity contribution in [2.75, 3.05) is 5.73 Å². The second-order valence-electron chi connectivity index (χ2n) is 3.45. The Morgan fingerprint density at radius 1 is 1.53 bits per heavy atom. The van der Waals surface area contributed by atoms with Gasteiger partial charge in [-0.05, 0) is 23.9 Å². The Morgan fingerprint density at radius 3 is 2.88 bits per heavy atom. The van der Waals surface area contributed by atoms with Crippen molar-refractivity contribution in [3.05, 3.63) is 36.2 Å². The first-order valence-corrected chi connectivity index (χ1v) is 5.68. The van der Waals surface area contributed by atoms with Crippen molar-refractivity contribution in [2.24, 2.45) is 7.05 Å². The number of carboxylic acids is 1. The van der Waals surface area contributed by atoms with Crippen molar-refractivity contribution in [3.63, 3.8) is 0 Å². The molecule has 0 fully saturated rings. The van der Waals surface area contributed by atoms with E-state index in [0.717, 1.165) is 0 Å². The van der Waals surface area contributed by atoms with E-state index in [2.05, 4.69) is 4.98 Å². The molecular weight excluding hydrogens is 238 g/mol. The summed E-state index contributed by atoms with van der Waals surface area (Å²) in [6.45, 7) is 0. The van der Waals surface area contributed by atoms with Crippen molar-refractivity contribution < 1.29 is 9.90 Å². The van der Waals surface area contributed by atoms with Crippen LogP contribution in [0.2, 0.25) is 0 Å². The van der Waals surface area contributed by atoms with E-state index >= 15 is 0 Å². The summed E-state index contributed by atoms with van der Waals surface area (Å²) >= 11 is 1.25. The minimum absolute atomic E-state index is 0.193. The molecular formula is C11H11N3O2S. The zero-order valence-corrected chi connectivity index (χ0v) is 9.94. The summed E-state index contributed by atoms with van der Waals surface area (Å²) in [6.07, 6.45) is 3.45. The number of aromatic nitrogens is 2. The third kappa shape index (κ3) is 2.26. The van der Waals surface area contributed by atoms with E-state index < -0.39 is 5.97 Å². The highest BCUT2D eigenvalue weighted by Crippen LogP contribution is 2.33. The molecule has 0 saturated carbocycles. The predicted octanol–water partition coefficient (Wildman–Crippen LogP) is 1.85. The monoisotopic (exact) mass is 249 g/mol. The summed E-state index contributed by atoms with van der Waals surface area (Å²) in [5, 5.41) is 9.79. The van der Waals surface area contributed by atoms with Crippen molar-refractivity contribution in [3.8, 4) is 0 Å². The number of imidazole rings is 1. The van der Waals surface area contributed by atoms with Crippen LogP contribution in [0.3, 0.4) is 0 Å². The fraction of sp³-hybridized carbons (Fsp3) is 0.0909. The third-order valence-corrected chi connectivity index (χ3v) is 3.48. The van der Waals surface area contributed by atoms with Crippen LogP contribution in [0.4, 0.5) is 5.69 Å². The molecule has 1 heterocycles. The van der Waals surface area contributed by atoms with Gasteiger partial charge < -0.3 is 15.4 Å². The van der Waals surface area contributed by atoms with Gasteiger partial charge in [0.05, 0.1) is 10.5 Å². The number of aryl methyl sites for hydroxylation is 1. The topological polar surface area (TPSA) is 81.1 Å². The van der Waals surface area contributed by atoms with Crippen LogP contribution in [-0.4, -0.2) is 20.6 Å². The molecule has 2 rings (SSSR count). The zero-order valence-electron chi connectivity index (χ0n) is 9.12. The summed E-state index contributed by atoms with van der Waals surface area (Å²) in [6, 6.07) is 4.84. The lowest BCUT2D eigenvalue weighted by Gasteiger charge is -2.08. The third-order valence-electron chi connectivity index (χ3n) is 2.25. The normalized spacial score (nSPS) is 10.4. The molecule has 5 nitrogen and oxygen atoms in total. The maximum Gasteiger partial charge on any atom is 0.336 e. The van der Waals surface area contributed by atoms with Crippen molar-refractivity contribution in [1.29, 1.82) is 0 Å². The van der Waals surface area contributed by atoms with Crippen LogP contribution in [-0.2, 0) is 7.05 Å². The average Bonchev–Trinajstić information content (AvgIpc) is 2.67. The number of aromatic carboxylic acids is 1. The Hall–Kier alpha value is -1.95. The predicted molar refractivity (Wildman–Crippen MR) is 65.1 cm³/mol. The number of hydrogen-bond donors (Lipinski definition) is 2. The first-order valence-electron chi connectivity index (χ1n) is 4.86. The van der Waals surface area contributed by atoms with E-state index in [9.17, 15) is 4.79 Å². The Bertz CT molecular complexity index is 566. The number of nitrogen functional groups attached to an aromatic ring is 1. The average molecular weight is 249 g/mol. The number of nitrogens with zero attached hydrogens (tertiary/aromatic N) is 2. The van der Waals surface area contributed by atoms with Gasteiger partial charge in [-0.3, -0.25) is 0 Å². The van der Waals surface area contributed by atoms with Gasteiger partial charge in [0.2, 0.25) is 0 Å². The van der Waals surface area contributed by atoms with Gasteiger partial charge >= 0.3 is 5.97 Å². The molecule has 0 radical (unpaired) electrons. The second kappa shape index (κ2) is 4.50. The summed E-state index contributed by atoms with van der Waals surface area (Å²) in [7, 11) is 1.84. The van der Waals surface area contributed by atoms with Crippen LogP contribution in [0, 0.1) is 0 Å². The summed E-state index contributed by atoms with van der Waals surface area (Å²) in [5.41, 5.74) is 6.44. The van der Waals surface area contributed by atoms with Crippen molar-refractivity contribution in [2.45, 2.75) is 10.1 Å². The standard InChI is InChI=1S/C11H11N3O2S/c1-14-6-5-13-11(14)17-9-7(10(15)16)3-2-4-8(9)12/h2-6H,12H2,1H3,(H,15,16). The smallest absolute Gasteiger partial charge is 0.336 e. The molecule has 1 aromatic heterocycles. The van der Waals surface area contributed by atoms with Gasteiger partial charge in [-0.25, -0.2) is 9.78 Å². The number of rotatable bonds is 3. The first-order chi connectivity index (χ1) is 8.09. The molecule has 0 saturated heterocycles. The van der Waals surface area contributed by atoms with Gasteiger partial charge in [0.1, 0.15) is 0 Å². The molecule has 3 N–H and O–H groups in total. The zero-order chi connectivity index (χ0) is 12.4. The Morgan fingerprint density at radius 2 is 2.29 bits per heavy atom. The molecule has 0 unspecified atom stereocenters. The van der Waals surface area contributed by atoms with E-state index in [1.54, 1.807) is 24.5 Å². The van der Waals surface area contributed by atoms with Gasteiger partial charge in [-0.2, -0.15) is 0 Å². The van der Waals surface area contributed by atoms with Gasteiger partial charge in [-0.1, -0.05) is 6.07 Å². The highest BCUT2D eigenvalue weighted by Gasteiger charge is 2.15. The Balaban J connectivity index is 2.45. The highest BCUT2D eigenvalue weighted by molar-refractivity contribution is 7.99. The van der Waals surface area contributed by atoms with Crippen LogP contribution >= 0.6 is 11.8 Å². The minimum atomic E-state index is -0.992. The molecule has 0 aliphatic heterocycles. The summed E-state index contributed by atoms with van der Waals surface area (Å²) in [5.74, 6) is -0.992. The van der Waals surface area contributed by atoms with Gasteiger partial charge in [0.25, 0.3) is 0 Å². The molecule has 0 amide bonds. The van der Waals surface area contributed by atoms with Crippen LogP contribution in [0.25, 0.3) is 0 Å². The maximum absolute atomic E-state index is 11.1. The Kier molecular flexibility index (Phi) is 3.06. The van der Waals surface area contributed by atoms with Crippen LogP contribution in [0.1, 0.15) is 10.4 Å². The highest BCUT2D eigenvalue weighted by atomic mass is 32.2. The number of carbonyl (C=O) groups is 1. The summed E-state index contributed by atoms with van der Waals surface area (Å²) in [4.78, 5) is 15.7. The second-order valence-corrected chi connectivity index (χ2v) is 4.43. The summed E-state index contributed by atoms with van der Waals surface area (Å²) < 4.78 is 1.81. The maximum atomic E-state index is 11.1. The molecule has 0 aliphatic rings. The quantitative estimate of drug-likeness (QED) is 0.811. The largest absolute Gasteiger partial charge is 0.478 e. The lowest BCUT2D eigenvalue weighted by Crippen LogP contribution is -2.02.